The number of halogens is 1. The van der Waals surface area contributed by atoms with Crippen molar-refractivity contribution in [1.82, 2.24) is 10.2 Å². The maximum Gasteiger partial charge on any atom is 0.0931 e. The Balaban J connectivity index is 1.77. The van der Waals surface area contributed by atoms with Crippen LogP contribution in [-0.2, 0) is 6.54 Å². The van der Waals surface area contributed by atoms with Crippen molar-refractivity contribution < 1.29 is 0 Å². The monoisotopic (exact) mass is 312 g/mol. The summed E-state index contributed by atoms with van der Waals surface area (Å²) in [6, 6.07) is 4.85. The molecule has 20 heavy (non-hydrogen) atoms. The normalized spacial score (nSPS) is 26.7. The highest BCUT2D eigenvalue weighted by atomic mass is 35.5. The van der Waals surface area contributed by atoms with Gasteiger partial charge in [-0.3, -0.25) is 4.90 Å². The topological polar surface area (TPSA) is 15.3 Å². The van der Waals surface area contributed by atoms with Crippen LogP contribution in [0.25, 0.3) is 0 Å². The first kappa shape index (κ1) is 14.8. The molecule has 1 aliphatic carbocycles. The number of nitrogens with zero attached hydrogens (tertiary/aromatic N) is 1. The maximum atomic E-state index is 6.10. The number of hydrogen-bond acceptors (Lipinski definition) is 3. The minimum Gasteiger partial charge on any atom is -0.311 e. The van der Waals surface area contributed by atoms with E-state index >= 15 is 0 Å². The fourth-order valence-corrected chi connectivity index (χ4v) is 4.86. The minimum absolute atomic E-state index is 0.405. The van der Waals surface area contributed by atoms with Gasteiger partial charge in [0.2, 0.25) is 0 Å². The van der Waals surface area contributed by atoms with Crippen LogP contribution >= 0.6 is 22.9 Å². The maximum absolute atomic E-state index is 6.10. The molecule has 1 aromatic heterocycles. The Morgan fingerprint density at radius 1 is 1.40 bits per heavy atom. The molecule has 3 rings (SSSR count). The highest BCUT2D eigenvalue weighted by Crippen LogP contribution is 2.39. The average Bonchev–Trinajstić information content (AvgIpc) is 3.02. The molecule has 1 aliphatic heterocycles. The van der Waals surface area contributed by atoms with Gasteiger partial charge in [0.25, 0.3) is 0 Å². The van der Waals surface area contributed by atoms with Crippen molar-refractivity contribution in [3.63, 3.8) is 0 Å². The van der Waals surface area contributed by atoms with E-state index in [1.54, 1.807) is 11.3 Å². The van der Waals surface area contributed by atoms with Gasteiger partial charge in [0.1, 0.15) is 0 Å². The van der Waals surface area contributed by atoms with Gasteiger partial charge in [0.15, 0.2) is 0 Å². The summed E-state index contributed by atoms with van der Waals surface area (Å²) in [6.07, 6.45) is 5.47. The number of nitrogens with one attached hydrogen (secondary N) is 1. The Morgan fingerprint density at radius 2 is 2.15 bits per heavy atom. The predicted molar refractivity (Wildman–Crippen MR) is 87.6 cm³/mol. The summed E-state index contributed by atoms with van der Waals surface area (Å²) >= 11 is 7.83. The lowest BCUT2D eigenvalue weighted by molar-refractivity contribution is 0.0269. The zero-order chi connectivity index (χ0) is 14.2. The van der Waals surface area contributed by atoms with E-state index in [2.05, 4.69) is 30.1 Å². The van der Waals surface area contributed by atoms with Gasteiger partial charge in [0.05, 0.1) is 4.34 Å². The van der Waals surface area contributed by atoms with Crippen LogP contribution in [0.3, 0.4) is 0 Å². The molecule has 0 radical (unpaired) electrons. The first-order chi connectivity index (χ1) is 9.59. The Morgan fingerprint density at radius 3 is 2.75 bits per heavy atom. The summed E-state index contributed by atoms with van der Waals surface area (Å²) in [5, 5.41) is 3.81. The molecule has 0 amide bonds. The molecule has 1 saturated carbocycles. The Hall–Kier alpha value is -0.0900. The third-order valence-electron chi connectivity index (χ3n) is 5.10. The third kappa shape index (κ3) is 2.92. The van der Waals surface area contributed by atoms with Crippen LogP contribution in [0.15, 0.2) is 12.1 Å². The van der Waals surface area contributed by atoms with Crippen molar-refractivity contribution in [3.05, 3.63) is 21.3 Å². The molecule has 2 fully saturated rings. The molecule has 0 bridgehead atoms. The van der Waals surface area contributed by atoms with Crippen LogP contribution < -0.4 is 5.32 Å². The number of hydrogen-bond donors (Lipinski definition) is 1. The second-order valence-corrected chi connectivity index (χ2v) is 8.55. The molecule has 2 nitrogen and oxygen atoms in total. The van der Waals surface area contributed by atoms with Crippen molar-refractivity contribution in [2.75, 3.05) is 13.1 Å². The van der Waals surface area contributed by atoms with Gasteiger partial charge in [-0.15, -0.1) is 11.3 Å². The van der Waals surface area contributed by atoms with Crippen LogP contribution in [0.4, 0.5) is 0 Å². The molecular formula is C16H25ClN2S. The van der Waals surface area contributed by atoms with E-state index in [1.807, 2.05) is 6.07 Å². The summed E-state index contributed by atoms with van der Waals surface area (Å²) in [7, 11) is 0. The molecule has 1 unspecified atom stereocenters. The summed E-state index contributed by atoms with van der Waals surface area (Å²) < 4.78 is 0.913. The van der Waals surface area contributed by atoms with Crippen molar-refractivity contribution in [2.45, 2.75) is 57.7 Å². The summed E-state index contributed by atoms with van der Waals surface area (Å²) in [5.74, 6) is 0.697. The molecular weight excluding hydrogens is 288 g/mol. The smallest absolute Gasteiger partial charge is 0.0931 e. The molecule has 1 atom stereocenters. The van der Waals surface area contributed by atoms with Gasteiger partial charge >= 0.3 is 0 Å². The van der Waals surface area contributed by atoms with Crippen LogP contribution in [0, 0.1) is 5.92 Å². The van der Waals surface area contributed by atoms with Gasteiger partial charge in [-0.1, -0.05) is 38.3 Å². The zero-order valence-electron chi connectivity index (χ0n) is 12.5. The van der Waals surface area contributed by atoms with E-state index < -0.39 is 0 Å². The number of thiophene rings is 1. The van der Waals surface area contributed by atoms with Crippen LogP contribution in [0.5, 0.6) is 0 Å². The SMILES string of the molecule is CC(C)C1CN(Cc2ccc(Cl)s2)C2(CCCC2)CN1. The van der Waals surface area contributed by atoms with Crippen molar-refractivity contribution in [2.24, 2.45) is 5.92 Å². The quantitative estimate of drug-likeness (QED) is 0.902. The molecule has 1 spiro atoms. The van der Waals surface area contributed by atoms with Crippen LogP contribution in [0.1, 0.15) is 44.4 Å². The molecule has 0 aromatic carbocycles. The molecule has 1 aromatic rings. The fraction of sp³-hybridized carbons (Fsp3) is 0.750. The molecule has 2 aliphatic rings. The summed E-state index contributed by atoms with van der Waals surface area (Å²) in [4.78, 5) is 4.16. The fourth-order valence-electron chi connectivity index (χ4n) is 3.76. The highest BCUT2D eigenvalue weighted by molar-refractivity contribution is 7.16. The first-order valence-electron chi connectivity index (χ1n) is 7.82. The van der Waals surface area contributed by atoms with Gasteiger partial charge in [-0.2, -0.15) is 0 Å². The molecule has 4 heteroatoms. The van der Waals surface area contributed by atoms with E-state index in [1.165, 1.54) is 37.1 Å². The standard InChI is InChI=1S/C16H25ClN2S/c1-12(2)14-10-19(9-13-5-6-15(17)20-13)16(11-18-14)7-3-4-8-16/h5-6,12,14,18H,3-4,7-11H2,1-2H3. The Labute approximate surface area is 131 Å². The average molecular weight is 313 g/mol. The lowest BCUT2D eigenvalue weighted by Gasteiger charge is -2.49. The second kappa shape index (κ2) is 5.96. The van der Waals surface area contributed by atoms with Crippen LogP contribution in [0.2, 0.25) is 4.34 Å². The zero-order valence-corrected chi connectivity index (χ0v) is 14.1. The lowest BCUT2D eigenvalue weighted by Crippen LogP contribution is -2.64. The molecule has 2 heterocycles. The molecule has 1 N–H and O–H groups in total. The van der Waals surface area contributed by atoms with E-state index in [4.69, 9.17) is 11.6 Å². The third-order valence-corrected chi connectivity index (χ3v) is 6.31. The van der Waals surface area contributed by atoms with Gasteiger partial charge < -0.3 is 5.32 Å². The van der Waals surface area contributed by atoms with E-state index in [-0.39, 0.29) is 0 Å². The lowest BCUT2D eigenvalue weighted by atomic mass is 9.88. The summed E-state index contributed by atoms with van der Waals surface area (Å²) in [5.41, 5.74) is 0.405. The van der Waals surface area contributed by atoms with Crippen molar-refractivity contribution in [1.29, 1.82) is 0 Å². The van der Waals surface area contributed by atoms with E-state index in [0.717, 1.165) is 17.4 Å². The second-order valence-electron chi connectivity index (χ2n) is 6.75. The molecule has 112 valence electrons. The predicted octanol–water partition coefficient (Wildman–Crippen LogP) is 4.14. The van der Waals surface area contributed by atoms with Gasteiger partial charge in [0, 0.05) is 36.1 Å². The van der Waals surface area contributed by atoms with Crippen molar-refractivity contribution >= 4 is 22.9 Å². The molecule has 1 saturated heterocycles. The van der Waals surface area contributed by atoms with Gasteiger partial charge in [-0.25, -0.2) is 0 Å². The number of rotatable bonds is 3. The van der Waals surface area contributed by atoms with E-state index in [0.29, 0.717) is 17.5 Å². The van der Waals surface area contributed by atoms with Crippen molar-refractivity contribution in [3.8, 4) is 0 Å². The van der Waals surface area contributed by atoms with Gasteiger partial charge in [-0.05, 0) is 30.9 Å². The van der Waals surface area contributed by atoms with Crippen LogP contribution in [-0.4, -0.2) is 29.6 Å². The van der Waals surface area contributed by atoms with E-state index in [9.17, 15) is 0 Å². The largest absolute Gasteiger partial charge is 0.311 e. The summed E-state index contributed by atoms with van der Waals surface area (Å²) in [6.45, 7) is 8.05. The first-order valence-corrected chi connectivity index (χ1v) is 9.01. The Kier molecular flexibility index (Phi) is 4.42. The highest BCUT2D eigenvalue weighted by Gasteiger charge is 2.43. The Bertz CT molecular complexity index is 451. The number of piperazine rings is 1. The minimum atomic E-state index is 0.405.